The van der Waals surface area contributed by atoms with Crippen LogP contribution in [0.1, 0.15) is 32.1 Å². The van der Waals surface area contributed by atoms with Gasteiger partial charge in [-0.1, -0.05) is 12.5 Å². The van der Waals surface area contributed by atoms with Crippen LogP contribution in [-0.4, -0.2) is 30.4 Å². The fraction of sp³-hybridized carbons (Fsp3) is 0.538. The molecule has 0 bridgehead atoms. The predicted molar refractivity (Wildman–Crippen MR) is 65.1 cm³/mol. The number of allylic oxidation sites excluding steroid dienone is 1. The molecule has 1 heterocycles. The predicted octanol–water partition coefficient (Wildman–Crippen LogP) is 2.02. The molecule has 0 radical (unpaired) electrons. The minimum atomic E-state index is -0.266. The number of carbonyl (C=O) groups is 2. The summed E-state index contributed by atoms with van der Waals surface area (Å²) in [5.74, 6) is 0.171. The van der Waals surface area contributed by atoms with Gasteiger partial charge in [0.1, 0.15) is 5.76 Å². The van der Waals surface area contributed by atoms with Crippen molar-refractivity contribution in [3.05, 3.63) is 24.5 Å². The maximum atomic E-state index is 11.7. The Labute approximate surface area is 102 Å². The Kier molecular flexibility index (Phi) is 5.46. The highest BCUT2D eigenvalue weighted by molar-refractivity contribution is 6.03. The Bertz CT molecular complexity index is 334. The van der Waals surface area contributed by atoms with E-state index in [0.29, 0.717) is 12.2 Å². The van der Waals surface area contributed by atoms with Crippen LogP contribution in [0, 0.1) is 0 Å². The van der Waals surface area contributed by atoms with Crippen LogP contribution in [0.3, 0.4) is 0 Å². The number of unbranched alkanes of at least 4 members (excludes halogenated alkanes) is 3. The molecular formula is C13H19NO3. The molecule has 2 amide bonds. The number of imide groups is 1. The quantitative estimate of drug-likeness (QED) is 0.502. The Morgan fingerprint density at radius 1 is 1.53 bits per heavy atom. The fourth-order valence-electron chi connectivity index (χ4n) is 1.71. The van der Waals surface area contributed by atoms with Crippen molar-refractivity contribution in [3.8, 4) is 0 Å². The maximum Gasteiger partial charge on any atom is 0.257 e. The first-order valence-electron chi connectivity index (χ1n) is 5.89. The number of ether oxygens (including phenoxy) is 1. The number of amides is 2. The van der Waals surface area contributed by atoms with Crippen molar-refractivity contribution in [2.75, 3.05) is 13.7 Å². The average molecular weight is 237 g/mol. The first-order chi connectivity index (χ1) is 8.19. The molecule has 0 saturated heterocycles. The van der Waals surface area contributed by atoms with Gasteiger partial charge in [-0.3, -0.25) is 14.5 Å². The largest absolute Gasteiger partial charge is 0.499 e. The molecule has 17 heavy (non-hydrogen) atoms. The van der Waals surface area contributed by atoms with Crippen molar-refractivity contribution in [2.24, 2.45) is 0 Å². The van der Waals surface area contributed by atoms with Gasteiger partial charge in [-0.25, -0.2) is 0 Å². The molecule has 0 atom stereocenters. The van der Waals surface area contributed by atoms with Crippen molar-refractivity contribution in [1.29, 1.82) is 0 Å². The topological polar surface area (TPSA) is 46.6 Å². The molecule has 94 valence electrons. The Hall–Kier alpha value is -1.58. The summed E-state index contributed by atoms with van der Waals surface area (Å²) in [6, 6.07) is 0. The first-order valence-corrected chi connectivity index (χ1v) is 5.89. The van der Waals surface area contributed by atoms with Gasteiger partial charge in [0.15, 0.2) is 0 Å². The third-order valence-electron chi connectivity index (χ3n) is 2.73. The number of rotatable bonds is 7. The number of carbonyl (C=O) groups excluding carboxylic acids is 2. The fourth-order valence-corrected chi connectivity index (χ4v) is 1.71. The molecule has 0 spiro atoms. The normalized spacial score (nSPS) is 14.8. The van der Waals surface area contributed by atoms with Crippen LogP contribution in [0.5, 0.6) is 0 Å². The van der Waals surface area contributed by atoms with Gasteiger partial charge in [0, 0.05) is 12.5 Å². The summed E-state index contributed by atoms with van der Waals surface area (Å²) in [5.41, 5.74) is 0. The maximum absolute atomic E-state index is 11.7. The first kappa shape index (κ1) is 13.5. The van der Waals surface area contributed by atoms with E-state index in [-0.39, 0.29) is 18.4 Å². The van der Waals surface area contributed by atoms with E-state index in [1.807, 2.05) is 6.08 Å². The highest BCUT2D eigenvalue weighted by atomic mass is 16.5. The van der Waals surface area contributed by atoms with Gasteiger partial charge in [-0.05, 0) is 19.3 Å². The summed E-state index contributed by atoms with van der Waals surface area (Å²) in [6.07, 6.45) is 7.51. The van der Waals surface area contributed by atoms with Crippen LogP contribution in [0.4, 0.5) is 0 Å². The Balaban J connectivity index is 2.25. The van der Waals surface area contributed by atoms with Gasteiger partial charge in [0.25, 0.3) is 5.91 Å². The van der Waals surface area contributed by atoms with Gasteiger partial charge in [0.2, 0.25) is 5.91 Å². The number of hydrogen-bond acceptors (Lipinski definition) is 3. The van der Waals surface area contributed by atoms with Crippen molar-refractivity contribution < 1.29 is 14.3 Å². The van der Waals surface area contributed by atoms with E-state index in [1.54, 1.807) is 0 Å². The summed E-state index contributed by atoms with van der Waals surface area (Å²) in [7, 11) is 1.50. The lowest BCUT2D eigenvalue weighted by molar-refractivity contribution is -0.140. The van der Waals surface area contributed by atoms with E-state index >= 15 is 0 Å². The molecule has 0 aliphatic carbocycles. The van der Waals surface area contributed by atoms with Crippen LogP contribution in [0.25, 0.3) is 0 Å². The van der Waals surface area contributed by atoms with Crippen LogP contribution in [-0.2, 0) is 14.3 Å². The molecular weight excluding hydrogens is 218 g/mol. The zero-order valence-electron chi connectivity index (χ0n) is 10.3. The van der Waals surface area contributed by atoms with E-state index in [1.165, 1.54) is 18.1 Å². The Morgan fingerprint density at radius 2 is 2.29 bits per heavy atom. The average Bonchev–Trinajstić information content (AvgIpc) is 2.70. The lowest BCUT2D eigenvalue weighted by atomic mass is 10.1. The highest BCUT2D eigenvalue weighted by Crippen LogP contribution is 2.14. The molecule has 4 heteroatoms. The smallest absolute Gasteiger partial charge is 0.257 e. The number of methoxy groups -OCH3 is 1. The summed E-state index contributed by atoms with van der Waals surface area (Å²) in [5, 5.41) is 0. The molecule has 0 aromatic heterocycles. The van der Waals surface area contributed by atoms with E-state index in [0.717, 1.165) is 25.7 Å². The highest BCUT2D eigenvalue weighted by Gasteiger charge is 2.27. The summed E-state index contributed by atoms with van der Waals surface area (Å²) in [4.78, 5) is 24.4. The van der Waals surface area contributed by atoms with Crippen molar-refractivity contribution in [3.63, 3.8) is 0 Å². The lowest BCUT2D eigenvalue weighted by Crippen LogP contribution is -2.32. The second-order valence-electron chi connectivity index (χ2n) is 4.02. The third-order valence-corrected chi connectivity index (χ3v) is 2.73. The van der Waals surface area contributed by atoms with E-state index < -0.39 is 0 Å². The summed E-state index contributed by atoms with van der Waals surface area (Å²) in [6.45, 7) is 3.92. The van der Waals surface area contributed by atoms with Crippen molar-refractivity contribution in [2.45, 2.75) is 32.1 Å². The molecule has 1 aliphatic rings. The van der Waals surface area contributed by atoms with E-state index in [9.17, 15) is 9.59 Å². The summed E-state index contributed by atoms with van der Waals surface area (Å²) < 4.78 is 4.95. The molecule has 1 aliphatic heterocycles. The van der Waals surface area contributed by atoms with Gasteiger partial charge in [0.05, 0.1) is 13.7 Å². The number of hydrogen-bond donors (Lipinski definition) is 0. The molecule has 0 aromatic rings. The van der Waals surface area contributed by atoms with Gasteiger partial charge >= 0.3 is 0 Å². The van der Waals surface area contributed by atoms with Gasteiger partial charge in [-0.15, -0.1) is 6.58 Å². The molecule has 0 aromatic carbocycles. The minimum absolute atomic E-state index is 0.114. The van der Waals surface area contributed by atoms with Crippen LogP contribution >= 0.6 is 0 Å². The lowest BCUT2D eigenvalue weighted by Gasteiger charge is -2.13. The Morgan fingerprint density at radius 3 is 2.88 bits per heavy atom. The zero-order chi connectivity index (χ0) is 12.7. The van der Waals surface area contributed by atoms with Crippen molar-refractivity contribution >= 4 is 11.8 Å². The molecule has 1 rings (SSSR count). The molecule has 0 N–H and O–H groups in total. The second-order valence-corrected chi connectivity index (χ2v) is 4.02. The molecule has 4 nitrogen and oxygen atoms in total. The number of nitrogens with zero attached hydrogens (tertiary/aromatic N) is 1. The van der Waals surface area contributed by atoms with Crippen molar-refractivity contribution in [1.82, 2.24) is 4.90 Å². The van der Waals surface area contributed by atoms with E-state index in [2.05, 4.69) is 6.58 Å². The third kappa shape index (κ3) is 4.06. The van der Waals surface area contributed by atoms with Gasteiger partial charge in [-0.2, -0.15) is 0 Å². The minimum Gasteiger partial charge on any atom is -0.499 e. The summed E-state index contributed by atoms with van der Waals surface area (Å²) >= 11 is 0. The monoisotopic (exact) mass is 237 g/mol. The zero-order valence-corrected chi connectivity index (χ0v) is 10.3. The molecule has 0 unspecified atom stereocenters. The van der Waals surface area contributed by atoms with Crippen LogP contribution < -0.4 is 0 Å². The van der Waals surface area contributed by atoms with Crippen LogP contribution in [0.2, 0.25) is 0 Å². The molecule has 0 fully saturated rings. The second kappa shape index (κ2) is 6.89. The standard InChI is InChI=1S/C13H19NO3/c1-3-4-5-6-7-8-12(15)14-10-11(17-2)9-13(14)16/h3,9H,1,4-8,10H2,2H3. The van der Waals surface area contributed by atoms with Crippen LogP contribution in [0.15, 0.2) is 24.5 Å². The van der Waals surface area contributed by atoms with Gasteiger partial charge < -0.3 is 4.74 Å². The SMILES string of the molecule is C=CCCCCCC(=O)N1CC(OC)=CC1=O. The van der Waals surface area contributed by atoms with E-state index in [4.69, 9.17) is 4.74 Å². The molecule has 0 saturated carbocycles.